The standard InChI is InChI=1S/C22H23NO3S/c1-16(24)26-23-21(15-10-17-6-5-7-17)22(25)18-11-13-20(14-12-18)27-19-8-3-2-4-9-19/h2-4,8-9,11-14,17H,5-7,10,15H2,1H3/b23-21+. The van der Waals surface area contributed by atoms with Gasteiger partial charge in [0.15, 0.2) is 0 Å². The van der Waals surface area contributed by atoms with E-state index >= 15 is 0 Å². The lowest BCUT2D eigenvalue weighted by Crippen LogP contribution is -2.19. The van der Waals surface area contributed by atoms with Crippen molar-refractivity contribution in [2.45, 2.75) is 48.8 Å². The lowest BCUT2D eigenvalue weighted by molar-refractivity contribution is -0.140. The van der Waals surface area contributed by atoms with E-state index in [4.69, 9.17) is 4.84 Å². The summed E-state index contributed by atoms with van der Waals surface area (Å²) in [4.78, 5) is 30.9. The average Bonchev–Trinajstić information content (AvgIpc) is 2.64. The first-order valence-electron chi connectivity index (χ1n) is 9.24. The predicted molar refractivity (Wildman–Crippen MR) is 107 cm³/mol. The summed E-state index contributed by atoms with van der Waals surface area (Å²) in [5.74, 6) is -0.0321. The second-order valence-corrected chi connectivity index (χ2v) is 7.87. The first kappa shape index (κ1) is 19.4. The molecule has 0 aromatic heterocycles. The molecule has 0 unspecified atom stereocenters. The van der Waals surface area contributed by atoms with Gasteiger partial charge in [0.2, 0.25) is 5.78 Å². The Labute approximate surface area is 164 Å². The largest absolute Gasteiger partial charge is 0.331 e. The van der Waals surface area contributed by atoms with E-state index < -0.39 is 5.97 Å². The Hall–Kier alpha value is -2.40. The molecule has 0 saturated heterocycles. The summed E-state index contributed by atoms with van der Waals surface area (Å²) in [7, 11) is 0. The van der Waals surface area contributed by atoms with Crippen LogP contribution in [0.2, 0.25) is 0 Å². The van der Waals surface area contributed by atoms with Crippen LogP contribution in [0.3, 0.4) is 0 Å². The predicted octanol–water partition coefficient (Wildman–Crippen LogP) is 5.52. The van der Waals surface area contributed by atoms with Gasteiger partial charge in [0, 0.05) is 22.3 Å². The summed E-state index contributed by atoms with van der Waals surface area (Å²) in [5, 5.41) is 3.83. The van der Waals surface area contributed by atoms with E-state index in [0.29, 0.717) is 23.6 Å². The number of carbonyl (C=O) groups is 2. The molecule has 0 heterocycles. The molecule has 0 radical (unpaired) electrons. The van der Waals surface area contributed by atoms with Gasteiger partial charge in [-0.25, -0.2) is 4.79 Å². The minimum absolute atomic E-state index is 0.174. The van der Waals surface area contributed by atoms with Gasteiger partial charge in [-0.1, -0.05) is 54.4 Å². The number of benzene rings is 2. The van der Waals surface area contributed by atoms with Gasteiger partial charge in [-0.3, -0.25) is 4.79 Å². The number of Topliss-reactive ketones (excluding diaryl/α,β-unsaturated/α-hetero) is 1. The summed E-state index contributed by atoms with van der Waals surface area (Å²) in [6.07, 6.45) is 5.13. The minimum Gasteiger partial charge on any atom is -0.318 e. The zero-order chi connectivity index (χ0) is 19.1. The Morgan fingerprint density at radius 3 is 2.30 bits per heavy atom. The van der Waals surface area contributed by atoms with Gasteiger partial charge in [0.1, 0.15) is 5.71 Å². The van der Waals surface area contributed by atoms with Gasteiger partial charge in [0.05, 0.1) is 0 Å². The molecule has 0 aliphatic heterocycles. The van der Waals surface area contributed by atoms with Gasteiger partial charge >= 0.3 is 5.97 Å². The Morgan fingerprint density at radius 1 is 1.04 bits per heavy atom. The molecular weight excluding hydrogens is 358 g/mol. The molecule has 1 aliphatic rings. The molecule has 27 heavy (non-hydrogen) atoms. The first-order chi connectivity index (χ1) is 13.1. The van der Waals surface area contributed by atoms with Crippen molar-refractivity contribution in [3.63, 3.8) is 0 Å². The highest BCUT2D eigenvalue weighted by Crippen LogP contribution is 2.31. The highest BCUT2D eigenvalue weighted by Gasteiger charge is 2.21. The van der Waals surface area contributed by atoms with Crippen LogP contribution in [0.5, 0.6) is 0 Å². The van der Waals surface area contributed by atoms with E-state index in [-0.39, 0.29) is 5.78 Å². The number of hydrogen-bond acceptors (Lipinski definition) is 5. The first-order valence-corrected chi connectivity index (χ1v) is 10.1. The number of nitrogens with zero attached hydrogens (tertiary/aromatic N) is 1. The van der Waals surface area contributed by atoms with Crippen molar-refractivity contribution in [2.24, 2.45) is 11.1 Å². The van der Waals surface area contributed by atoms with E-state index in [1.54, 1.807) is 23.9 Å². The van der Waals surface area contributed by atoms with E-state index in [1.807, 2.05) is 42.5 Å². The molecule has 4 nitrogen and oxygen atoms in total. The molecule has 1 aliphatic carbocycles. The van der Waals surface area contributed by atoms with Crippen molar-refractivity contribution in [1.82, 2.24) is 0 Å². The number of ketones is 1. The monoisotopic (exact) mass is 381 g/mol. The fraction of sp³-hybridized carbons (Fsp3) is 0.318. The van der Waals surface area contributed by atoms with Gasteiger partial charge in [-0.05, 0) is 55.2 Å². The van der Waals surface area contributed by atoms with Gasteiger partial charge in [-0.2, -0.15) is 0 Å². The van der Waals surface area contributed by atoms with E-state index in [2.05, 4.69) is 5.16 Å². The third kappa shape index (κ3) is 5.79. The zero-order valence-corrected chi connectivity index (χ0v) is 16.2. The highest BCUT2D eigenvalue weighted by molar-refractivity contribution is 7.99. The van der Waals surface area contributed by atoms with Gasteiger partial charge in [-0.15, -0.1) is 0 Å². The molecule has 1 saturated carbocycles. The molecule has 0 amide bonds. The van der Waals surface area contributed by atoms with Crippen LogP contribution in [0.1, 0.15) is 49.4 Å². The van der Waals surface area contributed by atoms with Crippen LogP contribution in [0.4, 0.5) is 0 Å². The molecule has 3 rings (SSSR count). The van der Waals surface area contributed by atoms with Crippen molar-refractivity contribution < 1.29 is 14.4 Å². The van der Waals surface area contributed by atoms with Crippen LogP contribution < -0.4 is 0 Å². The second kappa shape index (κ2) is 9.51. The quantitative estimate of drug-likeness (QED) is 0.261. The molecule has 1 fully saturated rings. The van der Waals surface area contributed by atoms with Crippen molar-refractivity contribution >= 4 is 29.2 Å². The van der Waals surface area contributed by atoms with Crippen LogP contribution in [-0.4, -0.2) is 17.5 Å². The van der Waals surface area contributed by atoms with Crippen LogP contribution in [0.25, 0.3) is 0 Å². The number of hydrogen-bond donors (Lipinski definition) is 0. The fourth-order valence-electron chi connectivity index (χ4n) is 2.91. The second-order valence-electron chi connectivity index (χ2n) is 6.73. The summed E-state index contributed by atoms with van der Waals surface area (Å²) >= 11 is 1.64. The lowest BCUT2D eigenvalue weighted by Gasteiger charge is -2.25. The number of rotatable bonds is 8. The van der Waals surface area contributed by atoms with Crippen LogP contribution in [0, 0.1) is 5.92 Å². The van der Waals surface area contributed by atoms with Crippen LogP contribution in [0.15, 0.2) is 69.5 Å². The molecule has 140 valence electrons. The summed E-state index contributed by atoms with van der Waals surface area (Å²) in [6.45, 7) is 1.28. The maximum Gasteiger partial charge on any atom is 0.331 e. The Balaban J connectivity index is 1.68. The summed E-state index contributed by atoms with van der Waals surface area (Å²) < 4.78 is 0. The fourth-order valence-corrected chi connectivity index (χ4v) is 3.75. The van der Waals surface area contributed by atoms with Crippen molar-refractivity contribution in [2.75, 3.05) is 0 Å². The molecule has 0 N–H and O–H groups in total. The average molecular weight is 381 g/mol. The zero-order valence-electron chi connectivity index (χ0n) is 15.4. The highest BCUT2D eigenvalue weighted by atomic mass is 32.2. The molecular formula is C22H23NO3S. The summed E-state index contributed by atoms with van der Waals surface area (Å²) in [5.41, 5.74) is 0.882. The third-order valence-electron chi connectivity index (χ3n) is 4.66. The molecule has 0 bridgehead atoms. The maximum atomic E-state index is 12.8. The molecule has 5 heteroatoms. The Kier molecular flexibility index (Phi) is 6.82. The minimum atomic E-state index is -0.515. The van der Waals surface area contributed by atoms with E-state index in [9.17, 15) is 9.59 Å². The summed E-state index contributed by atoms with van der Waals surface area (Å²) in [6, 6.07) is 17.6. The van der Waals surface area contributed by atoms with Crippen molar-refractivity contribution in [3.05, 3.63) is 60.2 Å². The van der Waals surface area contributed by atoms with Gasteiger partial charge in [0.25, 0.3) is 0 Å². The van der Waals surface area contributed by atoms with Crippen molar-refractivity contribution in [1.29, 1.82) is 0 Å². The SMILES string of the molecule is CC(=O)O/N=C(\CCC1CCC1)C(=O)c1ccc(Sc2ccccc2)cc1. The molecule has 0 atom stereocenters. The molecule has 2 aromatic carbocycles. The molecule has 0 spiro atoms. The van der Waals surface area contributed by atoms with Crippen molar-refractivity contribution in [3.8, 4) is 0 Å². The number of oxime groups is 1. The van der Waals surface area contributed by atoms with Crippen LogP contribution >= 0.6 is 11.8 Å². The number of carbonyl (C=O) groups excluding carboxylic acids is 2. The normalized spacial score (nSPS) is 14.5. The smallest absolute Gasteiger partial charge is 0.318 e. The van der Waals surface area contributed by atoms with E-state index in [0.717, 1.165) is 16.2 Å². The molecule has 2 aromatic rings. The van der Waals surface area contributed by atoms with Gasteiger partial charge < -0.3 is 4.84 Å². The lowest BCUT2D eigenvalue weighted by atomic mass is 9.81. The maximum absolute atomic E-state index is 12.8. The topological polar surface area (TPSA) is 55.7 Å². The Bertz CT molecular complexity index is 811. The Morgan fingerprint density at radius 2 is 1.70 bits per heavy atom. The third-order valence-corrected chi connectivity index (χ3v) is 5.67. The van der Waals surface area contributed by atoms with Crippen LogP contribution in [-0.2, 0) is 9.63 Å². The van der Waals surface area contributed by atoms with E-state index in [1.165, 1.54) is 26.2 Å².